The molecule has 0 radical (unpaired) electrons. The Kier molecular flexibility index (Phi) is 17.3. The Morgan fingerprint density at radius 2 is 0.972 bits per heavy atom. The second-order valence-electron chi connectivity index (χ2n) is 9.96. The Bertz CT molecular complexity index is 735. The Morgan fingerprint density at radius 1 is 0.528 bits per heavy atom. The van der Waals surface area contributed by atoms with Crippen molar-refractivity contribution in [3.63, 3.8) is 0 Å². The molecule has 2 nitrogen and oxygen atoms in total. The fourth-order valence-electron chi connectivity index (χ4n) is 4.75. The molecule has 0 amide bonds. The van der Waals surface area contributed by atoms with Crippen LogP contribution in [0.1, 0.15) is 110 Å². The first-order valence-electron chi connectivity index (χ1n) is 14.9. The maximum Gasteiger partial charge on any atom is 0.407 e. The third-order valence-electron chi connectivity index (χ3n) is 6.85. The van der Waals surface area contributed by atoms with Crippen LogP contribution in [0.4, 0.5) is 0 Å². The van der Waals surface area contributed by atoms with Crippen LogP contribution in [-0.2, 0) is 8.85 Å². The molecular weight excluding hydrogens is 456 g/mol. The highest BCUT2D eigenvalue weighted by atomic mass is 28.4. The van der Waals surface area contributed by atoms with Crippen LogP contribution < -0.4 is 10.4 Å². The van der Waals surface area contributed by atoms with E-state index in [4.69, 9.17) is 8.85 Å². The van der Waals surface area contributed by atoms with Crippen LogP contribution in [0.5, 0.6) is 0 Å². The highest BCUT2D eigenvalue weighted by molar-refractivity contribution is 6.92. The normalized spacial score (nSPS) is 11.9. The smallest absolute Gasteiger partial charge is 0.388 e. The van der Waals surface area contributed by atoms with E-state index in [0.717, 1.165) is 25.9 Å². The van der Waals surface area contributed by atoms with Gasteiger partial charge < -0.3 is 8.85 Å². The first kappa shape index (κ1) is 30.5. The van der Waals surface area contributed by atoms with Gasteiger partial charge in [-0.1, -0.05) is 164 Å². The highest BCUT2D eigenvalue weighted by Crippen LogP contribution is 2.15. The molecule has 2 aromatic rings. The molecule has 0 aliphatic rings. The van der Waals surface area contributed by atoms with Gasteiger partial charge in [0.05, 0.1) is 0 Å². The molecule has 0 aliphatic heterocycles. The maximum absolute atomic E-state index is 6.80. The zero-order valence-corrected chi connectivity index (χ0v) is 24.3. The summed E-state index contributed by atoms with van der Waals surface area (Å²) in [6.07, 6.45) is 24.1. The van der Waals surface area contributed by atoms with Crippen LogP contribution in [0, 0.1) is 0 Å². The summed E-state index contributed by atoms with van der Waals surface area (Å²) >= 11 is 0. The van der Waals surface area contributed by atoms with Gasteiger partial charge in [-0.2, -0.15) is 0 Å². The SMILES string of the molecule is CC/C=C\CCO[Si](OCCCCCCCCCCCCCCC)(c1ccccc1)c1ccccc1. The van der Waals surface area contributed by atoms with Crippen LogP contribution >= 0.6 is 0 Å². The standard InChI is InChI=1S/C33H52O2Si/c1-3-5-7-9-10-11-12-13-14-15-16-17-25-31-35-36(32-26-20-18-21-27-32,33-28-22-19-23-29-33)34-30-24-8-6-4-2/h6,8,18-23,26-29H,3-5,7,9-17,24-25,30-31H2,1-2H3/b8-6-. The van der Waals surface area contributed by atoms with E-state index in [1.54, 1.807) is 0 Å². The van der Waals surface area contributed by atoms with Gasteiger partial charge in [-0.3, -0.25) is 0 Å². The van der Waals surface area contributed by atoms with Crippen molar-refractivity contribution in [3.05, 3.63) is 72.8 Å². The van der Waals surface area contributed by atoms with Crippen molar-refractivity contribution in [2.24, 2.45) is 0 Å². The van der Waals surface area contributed by atoms with Crippen LogP contribution in [0.25, 0.3) is 0 Å². The molecule has 2 rings (SSSR count). The molecular formula is C33H52O2Si. The minimum absolute atomic E-state index is 0.686. The highest BCUT2D eigenvalue weighted by Gasteiger charge is 2.42. The first-order valence-corrected chi connectivity index (χ1v) is 16.7. The molecule has 0 bridgehead atoms. The summed E-state index contributed by atoms with van der Waals surface area (Å²) in [5, 5.41) is 2.40. The second kappa shape index (κ2) is 20.4. The fourth-order valence-corrected chi connectivity index (χ4v) is 7.93. The van der Waals surface area contributed by atoms with Gasteiger partial charge in [-0.05, 0) is 29.6 Å². The van der Waals surface area contributed by atoms with Crippen molar-refractivity contribution in [3.8, 4) is 0 Å². The predicted molar refractivity (Wildman–Crippen MR) is 160 cm³/mol. The topological polar surface area (TPSA) is 18.5 Å². The Hall–Kier alpha value is -1.68. The zero-order chi connectivity index (χ0) is 25.6. The summed E-state index contributed by atoms with van der Waals surface area (Å²) in [4.78, 5) is 0. The molecule has 200 valence electrons. The van der Waals surface area contributed by atoms with E-state index in [9.17, 15) is 0 Å². The quantitative estimate of drug-likeness (QED) is 0.0899. The van der Waals surface area contributed by atoms with Gasteiger partial charge in [0, 0.05) is 13.2 Å². The molecule has 0 atom stereocenters. The van der Waals surface area contributed by atoms with E-state index < -0.39 is 8.56 Å². The van der Waals surface area contributed by atoms with Crippen molar-refractivity contribution in [2.75, 3.05) is 13.2 Å². The van der Waals surface area contributed by atoms with E-state index in [2.05, 4.69) is 86.7 Å². The average Bonchev–Trinajstić information content (AvgIpc) is 2.93. The Balaban J connectivity index is 1.80. The summed E-state index contributed by atoms with van der Waals surface area (Å²) in [6.45, 7) is 5.91. The molecule has 0 spiro atoms. The molecule has 36 heavy (non-hydrogen) atoms. The largest absolute Gasteiger partial charge is 0.407 e. The monoisotopic (exact) mass is 508 g/mol. The third kappa shape index (κ3) is 12.0. The van der Waals surface area contributed by atoms with Gasteiger partial charge in [0.2, 0.25) is 0 Å². The molecule has 0 fully saturated rings. The predicted octanol–water partition coefficient (Wildman–Crippen LogP) is 8.72. The Labute approximate surface area is 223 Å². The van der Waals surface area contributed by atoms with Crippen LogP contribution in [0.2, 0.25) is 0 Å². The van der Waals surface area contributed by atoms with Gasteiger partial charge >= 0.3 is 8.56 Å². The van der Waals surface area contributed by atoms with E-state index >= 15 is 0 Å². The summed E-state index contributed by atoms with van der Waals surface area (Å²) in [5.41, 5.74) is 0. The summed E-state index contributed by atoms with van der Waals surface area (Å²) in [6, 6.07) is 21.3. The van der Waals surface area contributed by atoms with Gasteiger partial charge in [-0.25, -0.2) is 0 Å². The van der Waals surface area contributed by atoms with Crippen molar-refractivity contribution < 1.29 is 8.85 Å². The first-order chi connectivity index (χ1) is 17.8. The maximum atomic E-state index is 6.80. The molecule has 0 aromatic heterocycles. The van der Waals surface area contributed by atoms with Crippen molar-refractivity contribution in [1.29, 1.82) is 0 Å². The van der Waals surface area contributed by atoms with Crippen LogP contribution in [0.3, 0.4) is 0 Å². The number of rotatable bonds is 22. The molecule has 0 aliphatic carbocycles. The molecule has 0 N–H and O–H groups in total. The summed E-state index contributed by atoms with van der Waals surface area (Å²) in [7, 11) is -2.74. The van der Waals surface area contributed by atoms with Crippen molar-refractivity contribution in [1.82, 2.24) is 0 Å². The van der Waals surface area contributed by atoms with Crippen LogP contribution in [-0.4, -0.2) is 21.8 Å². The lowest BCUT2D eigenvalue weighted by Crippen LogP contribution is -2.63. The van der Waals surface area contributed by atoms with Crippen molar-refractivity contribution in [2.45, 2.75) is 110 Å². The van der Waals surface area contributed by atoms with E-state index in [0.29, 0.717) is 6.61 Å². The average molecular weight is 509 g/mol. The fraction of sp³-hybridized carbons (Fsp3) is 0.576. The molecule has 2 aromatic carbocycles. The number of unbranched alkanes of at least 4 members (excludes halogenated alkanes) is 12. The lowest BCUT2D eigenvalue weighted by molar-refractivity contribution is 0.190. The lowest BCUT2D eigenvalue weighted by Gasteiger charge is -2.31. The van der Waals surface area contributed by atoms with E-state index in [1.807, 2.05) is 0 Å². The van der Waals surface area contributed by atoms with Crippen LogP contribution in [0.15, 0.2) is 72.8 Å². The lowest BCUT2D eigenvalue weighted by atomic mass is 10.0. The zero-order valence-electron chi connectivity index (χ0n) is 23.3. The molecule has 0 saturated heterocycles. The van der Waals surface area contributed by atoms with Gasteiger partial charge in [0.25, 0.3) is 0 Å². The number of benzene rings is 2. The van der Waals surface area contributed by atoms with Gasteiger partial charge in [0.15, 0.2) is 0 Å². The third-order valence-corrected chi connectivity index (χ3v) is 10.3. The number of allylic oxidation sites excluding steroid dienone is 1. The molecule has 0 unspecified atom stereocenters. The van der Waals surface area contributed by atoms with Crippen molar-refractivity contribution >= 4 is 18.9 Å². The molecule has 0 heterocycles. The Morgan fingerprint density at radius 3 is 1.44 bits per heavy atom. The summed E-state index contributed by atoms with van der Waals surface area (Å²) < 4.78 is 13.5. The number of hydrogen-bond donors (Lipinski definition) is 0. The van der Waals surface area contributed by atoms with Gasteiger partial charge in [-0.15, -0.1) is 0 Å². The minimum atomic E-state index is -2.74. The van der Waals surface area contributed by atoms with Gasteiger partial charge in [0.1, 0.15) is 0 Å². The van der Waals surface area contributed by atoms with E-state index in [1.165, 1.54) is 87.4 Å². The summed E-state index contributed by atoms with van der Waals surface area (Å²) in [5.74, 6) is 0. The second-order valence-corrected chi connectivity index (χ2v) is 12.9. The molecule has 0 saturated carbocycles. The molecule has 3 heteroatoms. The minimum Gasteiger partial charge on any atom is -0.388 e. The number of hydrogen-bond acceptors (Lipinski definition) is 2. The van der Waals surface area contributed by atoms with E-state index in [-0.39, 0.29) is 0 Å².